The predicted molar refractivity (Wildman–Crippen MR) is 76.2 cm³/mol. The molecule has 4 heteroatoms. The summed E-state index contributed by atoms with van der Waals surface area (Å²) < 4.78 is 5.41. The second-order valence-electron chi connectivity index (χ2n) is 6.13. The van der Waals surface area contributed by atoms with E-state index in [1.165, 1.54) is 18.1 Å². The quantitative estimate of drug-likeness (QED) is 0.782. The van der Waals surface area contributed by atoms with Gasteiger partial charge >= 0.3 is 5.97 Å². The fraction of sp³-hybridized carbons (Fsp3) is 0.688. The van der Waals surface area contributed by atoms with Crippen molar-refractivity contribution in [3.05, 3.63) is 23.3 Å². The lowest BCUT2D eigenvalue weighted by Gasteiger charge is -2.37. The summed E-state index contributed by atoms with van der Waals surface area (Å²) in [5.74, 6) is -0.244. The van der Waals surface area contributed by atoms with Gasteiger partial charge in [0.25, 0.3) is 0 Å². The van der Waals surface area contributed by atoms with Crippen molar-refractivity contribution in [3.8, 4) is 0 Å². The first kappa shape index (κ1) is 13.8. The first-order valence-corrected chi connectivity index (χ1v) is 7.60. The smallest absolute Gasteiger partial charge is 0.302 e. The zero-order valence-electron chi connectivity index (χ0n) is 12.0. The van der Waals surface area contributed by atoms with Gasteiger partial charge in [0.05, 0.1) is 6.10 Å². The van der Waals surface area contributed by atoms with Gasteiger partial charge < -0.3 is 9.84 Å². The summed E-state index contributed by atoms with van der Waals surface area (Å²) in [4.78, 5) is 13.6. The van der Waals surface area contributed by atoms with Crippen LogP contribution in [0.3, 0.4) is 0 Å². The minimum atomic E-state index is -0.342. The summed E-state index contributed by atoms with van der Waals surface area (Å²) in [6, 6.07) is 0.175. The van der Waals surface area contributed by atoms with Gasteiger partial charge in [-0.15, -0.1) is 0 Å². The average Bonchev–Trinajstić information content (AvgIpc) is 2.78. The fourth-order valence-electron chi connectivity index (χ4n) is 3.75. The summed E-state index contributed by atoms with van der Waals surface area (Å²) >= 11 is 0. The number of hydrogen-bond acceptors (Lipinski definition) is 4. The van der Waals surface area contributed by atoms with Crippen molar-refractivity contribution in [2.75, 3.05) is 13.1 Å². The van der Waals surface area contributed by atoms with Gasteiger partial charge in [-0.2, -0.15) is 0 Å². The van der Waals surface area contributed by atoms with Crippen LogP contribution in [-0.2, 0) is 9.53 Å². The largest absolute Gasteiger partial charge is 0.461 e. The lowest BCUT2D eigenvalue weighted by Crippen LogP contribution is -2.45. The Labute approximate surface area is 120 Å². The molecule has 2 unspecified atom stereocenters. The van der Waals surface area contributed by atoms with Gasteiger partial charge in [0.2, 0.25) is 0 Å². The number of rotatable bonds is 2. The van der Waals surface area contributed by atoms with Crippen LogP contribution in [-0.4, -0.2) is 47.3 Å². The van der Waals surface area contributed by atoms with E-state index < -0.39 is 0 Å². The third kappa shape index (κ3) is 2.81. The highest BCUT2D eigenvalue weighted by Gasteiger charge is 2.40. The third-order valence-electron chi connectivity index (χ3n) is 4.68. The Hall–Kier alpha value is -1.13. The molecular formula is C16H23NO3. The normalized spacial score (nSPS) is 34.2. The Morgan fingerprint density at radius 3 is 3.05 bits per heavy atom. The number of nitrogens with zero attached hydrogens (tertiary/aromatic N) is 1. The highest BCUT2D eigenvalue weighted by Crippen LogP contribution is 2.33. The molecule has 1 fully saturated rings. The van der Waals surface area contributed by atoms with Crippen LogP contribution < -0.4 is 0 Å². The van der Waals surface area contributed by atoms with E-state index in [2.05, 4.69) is 17.1 Å². The number of carbonyl (C=O) groups is 1. The van der Waals surface area contributed by atoms with E-state index in [4.69, 9.17) is 4.74 Å². The SMILES string of the molecule is CC(=O)OC1C[C@H](O)CC1N1CCC2=C(CCC=C2)C1. The molecule has 1 heterocycles. The molecule has 3 rings (SSSR count). The van der Waals surface area contributed by atoms with Crippen LogP contribution >= 0.6 is 0 Å². The van der Waals surface area contributed by atoms with Crippen molar-refractivity contribution in [1.29, 1.82) is 0 Å². The van der Waals surface area contributed by atoms with Crippen LogP contribution in [0, 0.1) is 0 Å². The third-order valence-corrected chi connectivity index (χ3v) is 4.68. The van der Waals surface area contributed by atoms with E-state index >= 15 is 0 Å². The molecule has 2 aliphatic carbocycles. The number of hydrogen-bond donors (Lipinski definition) is 1. The maximum absolute atomic E-state index is 11.2. The number of esters is 1. The van der Waals surface area contributed by atoms with E-state index in [-0.39, 0.29) is 24.2 Å². The molecule has 0 aromatic rings. The molecule has 0 bridgehead atoms. The average molecular weight is 277 g/mol. The molecule has 1 saturated carbocycles. The van der Waals surface area contributed by atoms with Gasteiger partial charge in [-0.25, -0.2) is 0 Å². The molecule has 0 spiro atoms. The second kappa shape index (κ2) is 5.70. The molecule has 0 saturated heterocycles. The Morgan fingerprint density at radius 2 is 2.25 bits per heavy atom. The molecule has 20 heavy (non-hydrogen) atoms. The summed E-state index contributed by atoms with van der Waals surface area (Å²) in [7, 11) is 0. The van der Waals surface area contributed by atoms with Crippen LogP contribution in [0.25, 0.3) is 0 Å². The number of ether oxygens (including phenoxy) is 1. The summed E-state index contributed by atoms with van der Waals surface area (Å²) in [5.41, 5.74) is 3.02. The lowest BCUT2D eigenvalue weighted by atomic mass is 9.91. The number of aliphatic hydroxyl groups excluding tert-OH is 1. The zero-order chi connectivity index (χ0) is 14.1. The molecule has 1 N–H and O–H groups in total. The highest BCUT2D eigenvalue weighted by atomic mass is 16.5. The van der Waals surface area contributed by atoms with E-state index in [1.54, 1.807) is 0 Å². The second-order valence-corrected chi connectivity index (χ2v) is 6.13. The van der Waals surface area contributed by atoms with Gasteiger partial charge in [0.1, 0.15) is 6.10 Å². The van der Waals surface area contributed by atoms with Crippen LogP contribution in [0.2, 0.25) is 0 Å². The van der Waals surface area contributed by atoms with Crippen molar-refractivity contribution in [2.24, 2.45) is 0 Å². The first-order valence-electron chi connectivity index (χ1n) is 7.60. The molecule has 0 amide bonds. The highest BCUT2D eigenvalue weighted by molar-refractivity contribution is 5.66. The zero-order valence-corrected chi connectivity index (χ0v) is 12.0. The number of allylic oxidation sites excluding steroid dienone is 2. The van der Waals surface area contributed by atoms with E-state index in [9.17, 15) is 9.90 Å². The Morgan fingerprint density at radius 1 is 1.40 bits per heavy atom. The van der Waals surface area contributed by atoms with Crippen molar-refractivity contribution >= 4 is 5.97 Å². The minimum Gasteiger partial charge on any atom is -0.461 e. The van der Waals surface area contributed by atoms with Gasteiger partial charge in [-0.3, -0.25) is 9.69 Å². The summed E-state index contributed by atoms with van der Waals surface area (Å²) in [5, 5.41) is 9.90. The van der Waals surface area contributed by atoms with Crippen molar-refractivity contribution in [3.63, 3.8) is 0 Å². The first-order chi connectivity index (χ1) is 9.63. The van der Waals surface area contributed by atoms with Crippen LogP contribution in [0.15, 0.2) is 23.3 Å². The molecule has 0 aromatic heterocycles. The van der Waals surface area contributed by atoms with Crippen LogP contribution in [0.1, 0.15) is 39.0 Å². The summed E-state index contributed by atoms with van der Waals surface area (Å²) in [6.45, 7) is 3.41. The molecule has 4 nitrogen and oxygen atoms in total. The topological polar surface area (TPSA) is 49.8 Å². The standard InChI is InChI=1S/C16H23NO3/c1-11(18)20-16-9-14(19)8-15(16)17-7-6-12-4-2-3-5-13(12)10-17/h2,4,14-16,19H,3,5-10H2,1H3/t14-,15?,16?/m1/s1. The Kier molecular flexibility index (Phi) is 3.94. The molecule has 110 valence electrons. The Bertz CT molecular complexity index is 455. The number of carbonyl (C=O) groups excluding carboxylic acids is 1. The minimum absolute atomic E-state index is 0.149. The lowest BCUT2D eigenvalue weighted by molar-refractivity contribution is -0.148. The monoisotopic (exact) mass is 277 g/mol. The maximum Gasteiger partial charge on any atom is 0.302 e. The molecule has 0 radical (unpaired) electrons. The van der Waals surface area contributed by atoms with Gasteiger partial charge in [0.15, 0.2) is 0 Å². The van der Waals surface area contributed by atoms with E-state index in [0.29, 0.717) is 6.42 Å². The molecule has 3 aliphatic rings. The van der Waals surface area contributed by atoms with Crippen LogP contribution in [0.4, 0.5) is 0 Å². The summed E-state index contributed by atoms with van der Waals surface area (Å²) in [6.07, 6.45) is 8.69. The fourth-order valence-corrected chi connectivity index (χ4v) is 3.75. The van der Waals surface area contributed by atoms with E-state index in [1.807, 2.05) is 0 Å². The van der Waals surface area contributed by atoms with E-state index in [0.717, 1.165) is 38.8 Å². The molecule has 0 aromatic carbocycles. The van der Waals surface area contributed by atoms with Crippen LogP contribution in [0.5, 0.6) is 0 Å². The maximum atomic E-state index is 11.2. The van der Waals surface area contributed by atoms with Crippen molar-refractivity contribution in [2.45, 2.75) is 57.3 Å². The Balaban J connectivity index is 1.70. The molecule has 3 atom stereocenters. The van der Waals surface area contributed by atoms with Crippen molar-refractivity contribution in [1.82, 2.24) is 4.90 Å². The molecular weight excluding hydrogens is 254 g/mol. The predicted octanol–water partition coefficient (Wildman–Crippen LogP) is 1.79. The number of aliphatic hydroxyl groups is 1. The van der Waals surface area contributed by atoms with Gasteiger partial charge in [-0.1, -0.05) is 17.7 Å². The van der Waals surface area contributed by atoms with Gasteiger partial charge in [-0.05, 0) is 31.3 Å². The van der Waals surface area contributed by atoms with Crippen molar-refractivity contribution < 1.29 is 14.6 Å². The molecule has 1 aliphatic heterocycles. The van der Waals surface area contributed by atoms with Gasteiger partial charge in [0, 0.05) is 32.5 Å².